The summed E-state index contributed by atoms with van der Waals surface area (Å²) in [4.78, 5) is 27.7. The molecule has 1 aromatic heterocycles. The fourth-order valence-electron chi connectivity index (χ4n) is 2.08. The highest BCUT2D eigenvalue weighted by Gasteiger charge is 2.12. The number of nitrogens with zero attached hydrogens (tertiary/aromatic N) is 1. The molecule has 0 saturated heterocycles. The van der Waals surface area contributed by atoms with Gasteiger partial charge in [0, 0.05) is 0 Å². The minimum atomic E-state index is -0.563. The van der Waals surface area contributed by atoms with Gasteiger partial charge in [-0.05, 0) is 44.2 Å². The average molecular weight is 427 g/mol. The molecule has 0 saturated carbocycles. The van der Waals surface area contributed by atoms with E-state index in [4.69, 9.17) is 37.4 Å². The van der Waals surface area contributed by atoms with Crippen LogP contribution >= 0.6 is 23.2 Å². The van der Waals surface area contributed by atoms with Gasteiger partial charge in [0.25, 0.3) is 5.91 Å². The maximum absolute atomic E-state index is 11.9. The van der Waals surface area contributed by atoms with Crippen LogP contribution in [0.25, 0.3) is 0 Å². The van der Waals surface area contributed by atoms with Crippen molar-refractivity contribution in [3.8, 4) is 11.5 Å². The molecule has 7 nitrogen and oxygen atoms in total. The van der Waals surface area contributed by atoms with Crippen LogP contribution in [0.2, 0.25) is 10.0 Å². The Hall–Kier alpha value is -2.51. The molecular weight excluding hydrogens is 407 g/mol. The van der Waals surface area contributed by atoms with Gasteiger partial charge in [0.05, 0.1) is 35.4 Å². The second-order valence-electron chi connectivity index (χ2n) is 5.60. The highest BCUT2D eigenvalue weighted by atomic mass is 35.5. The van der Waals surface area contributed by atoms with Gasteiger partial charge in [-0.1, -0.05) is 23.2 Å². The number of nitrogens with one attached hydrogen (secondary N) is 1. The number of hydrogen-bond donors (Lipinski definition) is 1. The van der Waals surface area contributed by atoms with Crippen LogP contribution in [0.15, 0.2) is 30.3 Å². The van der Waals surface area contributed by atoms with Crippen LogP contribution in [0.3, 0.4) is 0 Å². The van der Waals surface area contributed by atoms with Crippen LogP contribution in [0, 0.1) is 6.92 Å². The zero-order valence-corrected chi connectivity index (χ0v) is 17.0. The fraction of sp³-hybridized carbons (Fsp3) is 0.316. The van der Waals surface area contributed by atoms with E-state index in [1.54, 1.807) is 31.2 Å². The van der Waals surface area contributed by atoms with Crippen molar-refractivity contribution in [1.29, 1.82) is 0 Å². The highest BCUT2D eigenvalue weighted by Crippen LogP contribution is 2.25. The molecule has 2 aromatic rings. The number of benzene rings is 1. The first-order chi connectivity index (χ1) is 13.4. The third-order valence-electron chi connectivity index (χ3n) is 3.44. The van der Waals surface area contributed by atoms with Crippen molar-refractivity contribution >= 4 is 40.9 Å². The van der Waals surface area contributed by atoms with Crippen LogP contribution in [-0.4, -0.2) is 36.7 Å². The number of aryl methyl sites for hydroxylation is 1. The summed E-state index contributed by atoms with van der Waals surface area (Å²) >= 11 is 11.9. The first kappa shape index (κ1) is 21.8. The van der Waals surface area contributed by atoms with Crippen LogP contribution in [0.1, 0.15) is 19.0 Å². The van der Waals surface area contributed by atoms with E-state index in [2.05, 4.69) is 10.3 Å². The maximum atomic E-state index is 11.9. The molecule has 0 aliphatic rings. The molecule has 1 heterocycles. The SMILES string of the molecule is CCOc1ccc(OCCC(=O)OCC(=O)Nc2nc(C)c(Cl)cc2Cl)cc1. The van der Waals surface area contributed by atoms with Gasteiger partial charge in [-0.25, -0.2) is 4.98 Å². The molecule has 1 amide bonds. The van der Waals surface area contributed by atoms with Gasteiger partial charge in [-0.2, -0.15) is 0 Å². The van der Waals surface area contributed by atoms with E-state index in [1.807, 2.05) is 6.92 Å². The summed E-state index contributed by atoms with van der Waals surface area (Å²) in [6, 6.07) is 8.52. The van der Waals surface area contributed by atoms with Gasteiger partial charge >= 0.3 is 5.97 Å². The van der Waals surface area contributed by atoms with E-state index in [0.29, 0.717) is 23.1 Å². The summed E-state index contributed by atoms with van der Waals surface area (Å²) < 4.78 is 15.7. The van der Waals surface area contributed by atoms with Gasteiger partial charge in [-0.3, -0.25) is 9.59 Å². The van der Waals surface area contributed by atoms with E-state index >= 15 is 0 Å². The number of anilines is 1. The number of esters is 1. The first-order valence-corrected chi connectivity index (χ1v) is 9.28. The predicted molar refractivity (Wildman–Crippen MR) is 106 cm³/mol. The molecule has 0 unspecified atom stereocenters. The predicted octanol–water partition coefficient (Wildman–Crippen LogP) is 4.05. The van der Waals surface area contributed by atoms with Crippen molar-refractivity contribution in [3.05, 3.63) is 46.1 Å². The lowest BCUT2D eigenvalue weighted by Gasteiger charge is -2.09. The van der Waals surface area contributed by atoms with Crippen LogP contribution in [-0.2, 0) is 14.3 Å². The highest BCUT2D eigenvalue weighted by molar-refractivity contribution is 6.36. The summed E-state index contributed by atoms with van der Waals surface area (Å²) in [5, 5.41) is 3.05. The van der Waals surface area contributed by atoms with Gasteiger partial charge in [0.1, 0.15) is 11.5 Å². The number of halogens is 2. The van der Waals surface area contributed by atoms with Gasteiger partial charge < -0.3 is 19.5 Å². The molecule has 1 aromatic carbocycles. The summed E-state index contributed by atoms with van der Waals surface area (Å²) in [5.41, 5.74) is 0.518. The minimum absolute atomic E-state index is 0.000446. The van der Waals surface area contributed by atoms with Gasteiger partial charge in [-0.15, -0.1) is 0 Å². The Kier molecular flexibility index (Phi) is 8.35. The lowest BCUT2D eigenvalue weighted by atomic mass is 10.3. The fourth-order valence-corrected chi connectivity index (χ4v) is 2.49. The number of pyridine rings is 1. The van der Waals surface area contributed by atoms with Crippen LogP contribution < -0.4 is 14.8 Å². The van der Waals surface area contributed by atoms with Crippen molar-refractivity contribution in [2.75, 3.05) is 25.1 Å². The molecule has 0 fully saturated rings. The molecule has 0 aliphatic carbocycles. The molecule has 0 aliphatic heterocycles. The topological polar surface area (TPSA) is 86.8 Å². The third-order valence-corrected chi connectivity index (χ3v) is 4.11. The molecule has 1 N–H and O–H groups in total. The third kappa shape index (κ3) is 6.90. The Morgan fingerprint density at radius 2 is 1.71 bits per heavy atom. The van der Waals surface area contributed by atoms with Gasteiger partial charge in [0.2, 0.25) is 0 Å². The molecule has 150 valence electrons. The molecule has 0 bridgehead atoms. The Labute approximate surface area is 172 Å². The summed E-state index contributed by atoms with van der Waals surface area (Å²) in [6.45, 7) is 3.83. The Balaban J connectivity index is 1.70. The van der Waals surface area contributed by atoms with E-state index in [-0.39, 0.29) is 23.9 Å². The molecule has 28 heavy (non-hydrogen) atoms. The Bertz CT molecular complexity index is 828. The molecule has 0 radical (unpaired) electrons. The number of hydrogen-bond acceptors (Lipinski definition) is 6. The monoisotopic (exact) mass is 426 g/mol. The number of carbonyl (C=O) groups excluding carboxylic acids is 2. The molecule has 2 rings (SSSR count). The standard InChI is InChI=1S/C19H20Cl2N2O5/c1-3-26-13-4-6-14(7-5-13)27-9-8-18(25)28-11-17(24)23-19-16(21)10-15(20)12(2)22-19/h4-7,10H,3,8-9,11H2,1-2H3,(H,22,23,24). The lowest BCUT2D eigenvalue weighted by molar-refractivity contribution is -0.147. The lowest BCUT2D eigenvalue weighted by Crippen LogP contribution is -2.22. The zero-order chi connectivity index (χ0) is 20.5. The molecule has 0 atom stereocenters. The van der Waals surface area contributed by atoms with E-state index in [0.717, 1.165) is 5.75 Å². The summed E-state index contributed by atoms with van der Waals surface area (Å²) in [7, 11) is 0. The average Bonchev–Trinajstić information content (AvgIpc) is 2.66. The number of rotatable bonds is 9. The largest absolute Gasteiger partial charge is 0.494 e. The quantitative estimate of drug-likeness (QED) is 0.608. The zero-order valence-electron chi connectivity index (χ0n) is 15.5. The first-order valence-electron chi connectivity index (χ1n) is 8.52. The van der Waals surface area contributed by atoms with Crippen LogP contribution in [0.5, 0.6) is 11.5 Å². The Morgan fingerprint density at radius 1 is 1.07 bits per heavy atom. The van der Waals surface area contributed by atoms with Crippen molar-refractivity contribution in [1.82, 2.24) is 4.98 Å². The van der Waals surface area contributed by atoms with Gasteiger partial charge in [0.15, 0.2) is 12.4 Å². The number of amides is 1. The Morgan fingerprint density at radius 3 is 2.36 bits per heavy atom. The minimum Gasteiger partial charge on any atom is -0.494 e. The summed E-state index contributed by atoms with van der Waals surface area (Å²) in [5.74, 6) is 0.381. The van der Waals surface area contributed by atoms with Crippen molar-refractivity contribution < 1.29 is 23.8 Å². The smallest absolute Gasteiger partial charge is 0.309 e. The number of ether oxygens (including phenoxy) is 3. The number of aromatic nitrogens is 1. The summed E-state index contributed by atoms with van der Waals surface area (Å²) in [6.07, 6.45) is -0.000446. The van der Waals surface area contributed by atoms with Crippen molar-refractivity contribution in [2.45, 2.75) is 20.3 Å². The second-order valence-corrected chi connectivity index (χ2v) is 6.41. The second kappa shape index (κ2) is 10.7. The van der Waals surface area contributed by atoms with E-state index in [9.17, 15) is 9.59 Å². The van der Waals surface area contributed by atoms with E-state index < -0.39 is 18.5 Å². The molecule has 9 heteroatoms. The van der Waals surface area contributed by atoms with Crippen molar-refractivity contribution in [3.63, 3.8) is 0 Å². The molecule has 0 spiro atoms. The van der Waals surface area contributed by atoms with E-state index in [1.165, 1.54) is 6.07 Å². The number of carbonyl (C=O) groups is 2. The van der Waals surface area contributed by atoms with Crippen LogP contribution in [0.4, 0.5) is 5.82 Å². The van der Waals surface area contributed by atoms with Crippen molar-refractivity contribution in [2.24, 2.45) is 0 Å². The maximum Gasteiger partial charge on any atom is 0.309 e. The normalized spacial score (nSPS) is 10.3. The molecular formula is C19H20Cl2N2O5.